The van der Waals surface area contributed by atoms with Gasteiger partial charge < -0.3 is 9.64 Å². The Morgan fingerprint density at radius 3 is 2.24 bits per heavy atom. The summed E-state index contributed by atoms with van der Waals surface area (Å²) in [7, 11) is 1.53. The molecule has 0 saturated carbocycles. The number of carbonyl (C=O) groups is 4. The first-order valence-corrected chi connectivity index (χ1v) is 10.5. The van der Waals surface area contributed by atoms with Crippen molar-refractivity contribution in [2.75, 3.05) is 11.9 Å². The quantitative estimate of drug-likeness (QED) is 0.412. The van der Waals surface area contributed by atoms with Gasteiger partial charge in [-0.05, 0) is 55.0 Å². The first-order valence-electron chi connectivity index (χ1n) is 10.5. The molecule has 0 aliphatic carbocycles. The van der Waals surface area contributed by atoms with E-state index in [4.69, 9.17) is 4.74 Å². The average molecular weight is 460 g/mol. The van der Waals surface area contributed by atoms with Crippen LogP contribution < -0.4 is 4.90 Å². The van der Waals surface area contributed by atoms with E-state index in [1.165, 1.54) is 49.2 Å². The number of amides is 3. The molecular formula is C26H21FN2O5. The van der Waals surface area contributed by atoms with Gasteiger partial charge in [0.25, 0.3) is 17.7 Å². The van der Waals surface area contributed by atoms with Gasteiger partial charge in [0.2, 0.25) is 0 Å². The molecule has 3 amide bonds. The summed E-state index contributed by atoms with van der Waals surface area (Å²) in [5.74, 6) is -2.61. The molecule has 0 spiro atoms. The Balaban J connectivity index is 1.45. The van der Waals surface area contributed by atoms with E-state index in [1.54, 1.807) is 42.5 Å². The number of fused-ring (bicyclic) bond motifs is 1. The van der Waals surface area contributed by atoms with Crippen LogP contribution in [0.15, 0.2) is 72.8 Å². The van der Waals surface area contributed by atoms with E-state index in [1.807, 2.05) is 0 Å². The predicted molar refractivity (Wildman–Crippen MR) is 122 cm³/mol. The van der Waals surface area contributed by atoms with Crippen LogP contribution in [0.2, 0.25) is 0 Å². The van der Waals surface area contributed by atoms with Gasteiger partial charge in [-0.3, -0.25) is 14.4 Å². The van der Waals surface area contributed by atoms with Gasteiger partial charge in [0.1, 0.15) is 5.82 Å². The van der Waals surface area contributed by atoms with Crippen molar-refractivity contribution in [3.05, 3.63) is 101 Å². The molecule has 8 heteroatoms. The molecule has 0 fully saturated rings. The molecule has 172 valence electrons. The molecule has 7 nitrogen and oxygen atoms in total. The molecule has 1 atom stereocenters. The van der Waals surface area contributed by atoms with Gasteiger partial charge in [0.15, 0.2) is 6.10 Å². The van der Waals surface area contributed by atoms with E-state index >= 15 is 0 Å². The lowest BCUT2D eigenvalue weighted by Crippen LogP contribution is -2.37. The molecule has 0 bridgehead atoms. The Kier molecular flexibility index (Phi) is 6.23. The fourth-order valence-corrected chi connectivity index (χ4v) is 3.77. The zero-order valence-electron chi connectivity index (χ0n) is 18.5. The lowest BCUT2D eigenvalue weighted by atomic mass is 10.1. The summed E-state index contributed by atoms with van der Waals surface area (Å²) in [6.07, 6.45) is -1.10. The Bertz CT molecular complexity index is 1270. The largest absolute Gasteiger partial charge is 0.449 e. The standard InChI is InChI=1S/C26H21FN2O5/c1-16(23(30)28(2)15-17-7-5-9-19(27)13-17)34-26(33)18-8-6-10-20(14-18)29-24(31)21-11-3-4-12-22(21)25(29)32/h3-14,16H,15H2,1-2H3. The highest BCUT2D eigenvalue weighted by Gasteiger charge is 2.36. The summed E-state index contributed by atoms with van der Waals surface area (Å²) in [5.41, 5.74) is 1.49. The lowest BCUT2D eigenvalue weighted by molar-refractivity contribution is -0.139. The number of imide groups is 1. The van der Waals surface area contributed by atoms with Gasteiger partial charge in [-0.25, -0.2) is 14.1 Å². The van der Waals surface area contributed by atoms with Crippen LogP contribution in [-0.2, 0) is 16.1 Å². The Morgan fingerprint density at radius 2 is 1.59 bits per heavy atom. The van der Waals surface area contributed by atoms with Crippen LogP contribution in [-0.4, -0.2) is 41.7 Å². The normalized spacial score (nSPS) is 13.4. The van der Waals surface area contributed by atoms with Gasteiger partial charge in [-0.1, -0.05) is 30.3 Å². The average Bonchev–Trinajstić information content (AvgIpc) is 3.08. The predicted octanol–water partition coefficient (Wildman–Crippen LogP) is 3.83. The van der Waals surface area contributed by atoms with Crippen LogP contribution in [0.1, 0.15) is 43.6 Å². The second-order valence-electron chi connectivity index (χ2n) is 7.91. The smallest absolute Gasteiger partial charge is 0.338 e. The topological polar surface area (TPSA) is 84.0 Å². The molecule has 1 aliphatic rings. The second-order valence-corrected chi connectivity index (χ2v) is 7.91. The summed E-state index contributed by atoms with van der Waals surface area (Å²) in [4.78, 5) is 53.1. The number of hydrogen-bond acceptors (Lipinski definition) is 5. The summed E-state index contributed by atoms with van der Waals surface area (Å²) >= 11 is 0. The van der Waals surface area contributed by atoms with Crippen LogP contribution in [0.3, 0.4) is 0 Å². The fraction of sp³-hybridized carbons (Fsp3) is 0.154. The minimum atomic E-state index is -1.10. The molecule has 0 saturated heterocycles. The van der Waals surface area contributed by atoms with Crippen LogP contribution in [0.5, 0.6) is 0 Å². The number of likely N-dealkylation sites (N-methyl/N-ethyl adjacent to an activating group) is 1. The minimum Gasteiger partial charge on any atom is -0.449 e. The zero-order chi connectivity index (χ0) is 24.4. The number of ether oxygens (including phenoxy) is 1. The van der Waals surface area contributed by atoms with Crippen molar-refractivity contribution in [1.82, 2.24) is 4.90 Å². The van der Waals surface area contributed by atoms with Gasteiger partial charge in [0.05, 0.1) is 22.4 Å². The fourth-order valence-electron chi connectivity index (χ4n) is 3.77. The maximum absolute atomic E-state index is 13.4. The molecule has 3 aromatic carbocycles. The van der Waals surface area contributed by atoms with Crippen molar-refractivity contribution >= 4 is 29.4 Å². The molecule has 1 aliphatic heterocycles. The van der Waals surface area contributed by atoms with Crippen LogP contribution in [0.25, 0.3) is 0 Å². The zero-order valence-corrected chi connectivity index (χ0v) is 18.5. The highest BCUT2D eigenvalue weighted by molar-refractivity contribution is 6.34. The van der Waals surface area contributed by atoms with Crippen LogP contribution in [0, 0.1) is 5.82 Å². The molecule has 3 aromatic rings. The van der Waals surface area contributed by atoms with E-state index in [-0.39, 0.29) is 17.8 Å². The van der Waals surface area contributed by atoms with Gasteiger partial charge in [-0.15, -0.1) is 0 Å². The first-order chi connectivity index (χ1) is 16.3. The molecule has 0 aromatic heterocycles. The molecule has 0 N–H and O–H groups in total. The summed E-state index contributed by atoms with van der Waals surface area (Å²) in [6, 6.07) is 18.3. The second kappa shape index (κ2) is 9.27. The van der Waals surface area contributed by atoms with Crippen molar-refractivity contribution in [1.29, 1.82) is 0 Å². The minimum absolute atomic E-state index is 0.0847. The number of carbonyl (C=O) groups excluding carboxylic acids is 4. The van der Waals surface area contributed by atoms with Crippen molar-refractivity contribution in [3.63, 3.8) is 0 Å². The first kappa shape index (κ1) is 22.8. The maximum Gasteiger partial charge on any atom is 0.338 e. The van der Waals surface area contributed by atoms with Crippen molar-refractivity contribution in [2.45, 2.75) is 19.6 Å². The Hall–Kier alpha value is -4.33. The Morgan fingerprint density at radius 1 is 0.941 bits per heavy atom. The van der Waals surface area contributed by atoms with Gasteiger partial charge in [-0.2, -0.15) is 0 Å². The monoisotopic (exact) mass is 460 g/mol. The third kappa shape index (κ3) is 4.43. The highest BCUT2D eigenvalue weighted by Crippen LogP contribution is 2.29. The number of anilines is 1. The number of nitrogens with zero attached hydrogens (tertiary/aromatic N) is 2. The van der Waals surface area contributed by atoms with Crippen LogP contribution >= 0.6 is 0 Å². The van der Waals surface area contributed by atoms with E-state index in [2.05, 4.69) is 0 Å². The summed E-state index contributed by atoms with van der Waals surface area (Å²) in [6.45, 7) is 1.59. The van der Waals surface area contributed by atoms with Crippen LogP contribution in [0.4, 0.5) is 10.1 Å². The lowest BCUT2D eigenvalue weighted by Gasteiger charge is -2.22. The third-order valence-electron chi connectivity index (χ3n) is 5.45. The molecule has 34 heavy (non-hydrogen) atoms. The van der Waals surface area contributed by atoms with Gasteiger partial charge in [0, 0.05) is 13.6 Å². The number of benzene rings is 3. The van der Waals surface area contributed by atoms with E-state index in [0.717, 1.165) is 4.90 Å². The molecule has 1 heterocycles. The molecule has 4 rings (SSSR count). The SMILES string of the molecule is CC(OC(=O)c1cccc(N2C(=O)c3ccccc3C2=O)c1)C(=O)N(C)Cc1cccc(F)c1. The molecule has 1 unspecified atom stereocenters. The van der Waals surface area contributed by atoms with Crippen molar-refractivity contribution < 1.29 is 28.3 Å². The third-order valence-corrected chi connectivity index (χ3v) is 5.45. The highest BCUT2D eigenvalue weighted by atomic mass is 19.1. The molecule has 0 radical (unpaired) electrons. The van der Waals surface area contributed by atoms with Gasteiger partial charge >= 0.3 is 5.97 Å². The van der Waals surface area contributed by atoms with E-state index < -0.39 is 35.6 Å². The van der Waals surface area contributed by atoms with E-state index in [0.29, 0.717) is 16.7 Å². The molecular weight excluding hydrogens is 439 g/mol. The maximum atomic E-state index is 13.4. The summed E-state index contributed by atoms with van der Waals surface area (Å²) < 4.78 is 18.7. The van der Waals surface area contributed by atoms with Crippen molar-refractivity contribution in [2.24, 2.45) is 0 Å². The summed E-state index contributed by atoms with van der Waals surface area (Å²) in [5, 5.41) is 0. The number of esters is 1. The Labute approximate surface area is 195 Å². The van der Waals surface area contributed by atoms with E-state index in [9.17, 15) is 23.6 Å². The number of rotatable bonds is 6. The number of halogens is 1. The number of hydrogen-bond donors (Lipinski definition) is 0. The van der Waals surface area contributed by atoms with Crippen molar-refractivity contribution in [3.8, 4) is 0 Å².